The van der Waals surface area contributed by atoms with Crippen molar-refractivity contribution in [3.8, 4) is 0 Å². The van der Waals surface area contributed by atoms with Gasteiger partial charge in [0, 0.05) is 0 Å². The number of hydrogen-bond acceptors (Lipinski definition) is 2. The summed E-state index contributed by atoms with van der Waals surface area (Å²) in [6.45, 7) is 6.34. The Balaban J connectivity index is 2.84. The fraction of sp³-hybridized carbons (Fsp3) is 1.00. The van der Waals surface area contributed by atoms with Gasteiger partial charge < -0.3 is 10.4 Å². The Bertz CT molecular complexity index is 94.1. The molecule has 0 rings (SSSR count). The Morgan fingerprint density at radius 1 is 1.08 bits per heavy atom. The van der Waals surface area contributed by atoms with Gasteiger partial charge in [-0.3, -0.25) is 0 Å². The first kappa shape index (κ1) is 12.9. The van der Waals surface area contributed by atoms with E-state index in [4.69, 9.17) is 5.11 Å². The van der Waals surface area contributed by atoms with E-state index in [2.05, 4.69) is 12.2 Å². The molecular formula is C11H25NO. The van der Waals surface area contributed by atoms with Crippen LogP contribution >= 0.6 is 0 Å². The SMILES string of the molecule is CCCCCNCCCC[C@@H](C)O. The van der Waals surface area contributed by atoms with Crippen molar-refractivity contribution in [1.82, 2.24) is 5.32 Å². The molecule has 80 valence electrons. The number of hydrogen-bond donors (Lipinski definition) is 2. The molecule has 0 aliphatic heterocycles. The van der Waals surface area contributed by atoms with Gasteiger partial charge in [-0.25, -0.2) is 0 Å². The zero-order valence-corrected chi connectivity index (χ0v) is 9.18. The molecule has 0 aliphatic rings. The molecule has 0 unspecified atom stereocenters. The second-order valence-corrected chi connectivity index (χ2v) is 3.80. The summed E-state index contributed by atoms with van der Waals surface area (Å²) in [5, 5.41) is 12.4. The van der Waals surface area contributed by atoms with E-state index in [1.807, 2.05) is 6.92 Å². The highest BCUT2D eigenvalue weighted by Crippen LogP contribution is 1.98. The zero-order valence-electron chi connectivity index (χ0n) is 9.18. The van der Waals surface area contributed by atoms with Crippen molar-refractivity contribution >= 4 is 0 Å². The van der Waals surface area contributed by atoms with E-state index in [0.717, 1.165) is 25.9 Å². The molecule has 0 spiro atoms. The highest BCUT2D eigenvalue weighted by Gasteiger charge is 1.94. The van der Waals surface area contributed by atoms with Crippen LogP contribution in [0.15, 0.2) is 0 Å². The molecule has 0 heterocycles. The van der Waals surface area contributed by atoms with E-state index in [-0.39, 0.29) is 6.10 Å². The third-order valence-electron chi connectivity index (χ3n) is 2.18. The predicted molar refractivity (Wildman–Crippen MR) is 57.9 cm³/mol. The number of nitrogens with one attached hydrogen (secondary N) is 1. The molecule has 0 aliphatic carbocycles. The smallest absolute Gasteiger partial charge is 0.0512 e. The van der Waals surface area contributed by atoms with Crippen LogP contribution < -0.4 is 5.32 Å². The highest BCUT2D eigenvalue weighted by molar-refractivity contribution is 4.52. The van der Waals surface area contributed by atoms with E-state index in [0.29, 0.717) is 0 Å². The van der Waals surface area contributed by atoms with Crippen molar-refractivity contribution in [2.45, 2.75) is 58.5 Å². The van der Waals surface area contributed by atoms with E-state index in [9.17, 15) is 0 Å². The second kappa shape index (κ2) is 10.0. The molecule has 2 N–H and O–H groups in total. The first-order chi connectivity index (χ1) is 6.27. The minimum atomic E-state index is -0.125. The zero-order chi connectivity index (χ0) is 9.94. The van der Waals surface area contributed by atoms with Crippen molar-refractivity contribution in [3.63, 3.8) is 0 Å². The van der Waals surface area contributed by atoms with Crippen LogP contribution in [0, 0.1) is 0 Å². The third-order valence-corrected chi connectivity index (χ3v) is 2.18. The minimum absolute atomic E-state index is 0.125. The summed E-state index contributed by atoms with van der Waals surface area (Å²) in [5.74, 6) is 0. The maximum Gasteiger partial charge on any atom is 0.0512 e. The molecule has 1 atom stereocenters. The fourth-order valence-corrected chi connectivity index (χ4v) is 1.31. The average molecular weight is 187 g/mol. The molecule has 2 nitrogen and oxygen atoms in total. The molecular weight excluding hydrogens is 162 g/mol. The van der Waals surface area contributed by atoms with Crippen molar-refractivity contribution < 1.29 is 5.11 Å². The minimum Gasteiger partial charge on any atom is -0.393 e. The Labute approximate surface area is 82.7 Å². The van der Waals surface area contributed by atoms with Gasteiger partial charge in [0.25, 0.3) is 0 Å². The van der Waals surface area contributed by atoms with Crippen LogP contribution in [0.3, 0.4) is 0 Å². The van der Waals surface area contributed by atoms with Gasteiger partial charge in [0.05, 0.1) is 6.10 Å². The van der Waals surface area contributed by atoms with E-state index in [1.54, 1.807) is 0 Å². The number of aliphatic hydroxyl groups excluding tert-OH is 1. The molecule has 13 heavy (non-hydrogen) atoms. The molecule has 0 aromatic carbocycles. The quantitative estimate of drug-likeness (QED) is 0.543. The van der Waals surface area contributed by atoms with Crippen LogP contribution in [0.1, 0.15) is 52.4 Å². The standard InChI is InChI=1S/C11H25NO/c1-3-4-6-9-12-10-7-5-8-11(2)13/h11-13H,3-10H2,1-2H3/t11-/m1/s1. The largest absolute Gasteiger partial charge is 0.393 e. The Morgan fingerprint density at radius 3 is 2.23 bits per heavy atom. The maximum absolute atomic E-state index is 9.00. The lowest BCUT2D eigenvalue weighted by molar-refractivity contribution is 0.180. The van der Waals surface area contributed by atoms with Crippen LogP contribution in [0.4, 0.5) is 0 Å². The van der Waals surface area contributed by atoms with Crippen molar-refractivity contribution in [3.05, 3.63) is 0 Å². The monoisotopic (exact) mass is 187 g/mol. The van der Waals surface area contributed by atoms with E-state index >= 15 is 0 Å². The summed E-state index contributed by atoms with van der Waals surface area (Å²) in [7, 11) is 0. The number of aliphatic hydroxyl groups is 1. The van der Waals surface area contributed by atoms with Gasteiger partial charge in [0.2, 0.25) is 0 Å². The summed E-state index contributed by atoms with van der Waals surface area (Å²) >= 11 is 0. The lowest BCUT2D eigenvalue weighted by Crippen LogP contribution is -2.16. The summed E-state index contributed by atoms with van der Waals surface area (Å²) in [6.07, 6.45) is 7.07. The first-order valence-corrected chi connectivity index (χ1v) is 5.66. The molecule has 0 aromatic rings. The molecule has 0 fully saturated rings. The van der Waals surface area contributed by atoms with Crippen LogP contribution in [0.5, 0.6) is 0 Å². The normalized spacial score (nSPS) is 13.2. The van der Waals surface area contributed by atoms with Crippen LogP contribution in [-0.4, -0.2) is 24.3 Å². The lowest BCUT2D eigenvalue weighted by Gasteiger charge is -2.05. The average Bonchev–Trinajstić information content (AvgIpc) is 2.09. The van der Waals surface area contributed by atoms with Crippen molar-refractivity contribution in [2.24, 2.45) is 0 Å². The highest BCUT2D eigenvalue weighted by atomic mass is 16.3. The van der Waals surface area contributed by atoms with Crippen LogP contribution in [0.2, 0.25) is 0 Å². The first-order valence-electron chi connectivity index (χ1n) is 5.66. The van der Waals surface area contributed by atoms with E-state index < -0.39 is 0 Å². The topological polar surface area (TPSA) is 32.3 Å². The lowest BCUT2D eigenvalue weighted by atomic mass is 10.2. The number of unbranched alkanes of at least 4 members (excludes halogenated alkanes) is 3. The summed E-state index contributed by atoms with van der Waals surface area (Å²) < 4.78 is 0. The van der Waals surface area contributed by atoms with Gasteiger partial charge in [-0.15, -0.1) is 0 Å². The molecule has 0 radical (unpaired) electrons. The Hall–Kier alpha value is -0.0800. The van der Waals surface area contributed by atoms with Crippen molar-refractivity contribution in [1.29, 1.82) is 0 Å². The van der Waals surface area contributed by atoms with Crippen LogP contribution in [-0.2, 0) is 0 Å². The molecule has 0 saturated carbocycles. The molecule has 2 heteroatoms. The van der Waals surface area contributed by atoms with Gasteiger partial charge >= 0.3 is 0 Å². The summed E-state index contributed by atoms with van der Waals surface area (Å²) in [5.41, 5.74) is 0. The second-order valence-electron chi connectivity index (χ2n) is 3.80. The Morgan fingerprint density at radius 2 is 1.69 bits per heavy atom. The number of rotatable bonds is 9. The maximum atomic E-state index is 9.00. The van der Waals surface area contributed by atoms with Gasteiger partial charge in [-0.05, 0) is 45.7 Å². The van der Waals surface area contributed by atoms with E-state index in [1.165, 1.54) is 25.7 Å². The van der Waals surface area contributed by atoms with Crippen LogP contribution in [0.25, 0.3) is 0 Å². The third kappa shape index (κ3) is 11.9. The fourth-order valence-electron chi connectivity index (χ4n) is 1.31. The molecule has 0 aromatic heterocycles. The van der Waals surface area contributed by atoms with Gasteiger partial charge in [0.15, 0.2) is 0 Å². The predicted octanol–water partition coefficient (Wildman–Crippen LogP) is 2.32. The van der Waals surface area contributed by atoms with Crippen molar-refractivity contribution in [2.75, 3.05) is 13.1 Å². The summed E-state index contributed by atoms with van der Waals surface area (Å²) in [4.78, 5) is 0. The summed E-state index contributed by atoms with van der Waals surface area (Å²) in [6, 6.07) is 0. The Kier molecular flexibility index (Phi) is 9.94. The van der Waals surface area contributed by atoms with Gasteiger partial charge in [0.1, 0.15) is 0 Å². The molecule has 0 bridgehead atoms. The van der Waals surface area contributed by atoms with Gasteiger partial charge in [-0.1, -0.05) is 19.8 Å². The molecule has 0 amide bonds. The van der Waals surface area contributed by atoms with Gasteiger partial charge in [-0.2, -0.15) is 0 Å². The molecule has 0 saturated heterocycles.